The van der Waals surface area contributed by atoms with Crippen molar-refractivity contribution >= 4 is 43.1 Å². The molecule has 0 unspecified atom stereocenters. The maximum absolute atomic E-state index is 12.8. The molecule has 0 radical (unpaired) electrons. The highest BCUT2D eigenvalue weighted by atomic mass is 32.2. The zero-order valence-electron chi connectivity index (χ0n) is 16.7. The summed E-state index contributed by atoms with van der Waals surface area (Å²) in [7, 11) is -3.38. The lowest BCUT2D eigenvalue weighted by molar-refractivity contribution is 0.102. The molecule has 0 aliphatic rings. The molecule has 1 amide bonds. The number of thiazole rings is 1. The van der Waals surface area contributed by atoms with Crippen molar-refractivity contribution in [1.29, 1.82) is 0 Å². The molecule has 0 saturated heterocycles. The molecular weight excluding hydrogens is 420 g/mol. The van der Waals surface area contributed by atoms with Crippen molar-refractivity contribution in [1.82, 2.24) is 14.8 Å². The van der Waals surface area contributed by atoms with Gasteiger partial charge in [0.15, 0.2) is 9.84 Å². The van der Waals surface area contributed by atoms with Crippen molar-refractivity contribution in [2.24, 2.45) is 0 Å². The summed E-state index contributed by atoms with van der Waals surface area (Å²) in [5, 5.41) is 7.44. The third kappa shape index (κ3) is 3.73. The number of para-hydroxylation sites is 1. The Balaban J connectivity index is 1.61. The third-order valence-electron chi connectivity index (χ3n) is 4.60. The number of aryl methyl sites for hydroxylation is 1. The fourth-order valence-electron chi connectivity index (χ4n) is 2.94. The standard InChI is InChI=1S/C21H20N4O3S2/c1-13(2)30(27,28)16-10-8-15(9-11-16)20(26)23-19-12-14(3)24-25(19)21-22-17-6-4-5-7-18(17)29-21/h4-13H,1-3H3,(H,23,26). The Morgan fingerprint density at radius 2 is 1.80 bits per heavy atom. The van der Waals surface area contributed by atoms with E-state index in [2.05, 4.69) is 15.4 Å². The molecule has 7 nitrogen and oxygen atoms in total. The summed E-state index contributed by atoms with van der Waals surface area (Å²) in [5.41, 5.74) is 1.96. The van der Waals surface area contributed by atoms with E-state index in [0.29, 0.717) is 16.5 Å². The molecule has 0 spiro atoms. The first-order chi connectivity index (χ1) is 14.3. The number of aromatic nitrogens is 3. The van der Waals surface area contributed by atoms with Crippen molar-refractivity contribution in [2.75, 3.05) is 5.32 Å². The molecule has 2 heterocycles. The molecule has 154 valence electrons. The summed E-state index contributed by atoms with van der Waals surface area (Å²) in [4.78, 5) is 17.5. The van der Waals surface area contributed by atoms with E-state index in [1.807, 2.05) is 31.2 Å². The van der Waals surface area contributed by atoms with Crippen LogP contribution in [0.25, 0.3) is 15.3 Å². The lowest BCUT2D eigenvalue weighted by Gasteiger charge is -2.09. The van der Waals surface area contributed by atoms with Crippen LogP contribution in [0.4, 0.5) is 5.82 Å². The number of hydrogen-bond acceptors (Lipinski definition) is 6. The Labute approximate surface area is 178 Å². The topological polar surface area (TPSA) is 94.0 Å². The molecule has 2 aromatic carbocycles. The van der Waals surface area contributed by atoms with Gasteiger partial charge in [0.1, 0.15) is 5.82 Å². The van der Waals surface area contributed by atoms with Crippen LogP contribution in [0, 0.1) is 6.92 Å². The quantitative estimate of drug-likeness (QED) is 0.501. The first-order valence-electron chi connectivity index (χ1n) is 9.33. The van der Waals surface area contributed by atoms with E-state index in [9.17, 15) is 13.2 Å². The van der Waals surface area contributed by atoms with Crippen LogP contribution in [0.2, 0.25) is 0 Å². The minimum Gasteiger partial charge on any atom is -0.306 e. The van der Waals surface area contributed by atoms with E-state index in [1.54, 1.807) is 24.6 Å². The molecular formula is C21H20N4O3S2. The molecule has 0 aliphatic carbocycles. The molecule has 9 heteroatoms. The van der Waals surface area contributed by atoms with Gasteiger partial charge in [-0.1, -0.05) is 23.5 Å². The van der Waals surface area contributed by atoms with Gasteiger partial charge in [0.05, 0.1) is 26.1 Å². The van der Waals surface area contributed by atoms with E-state index in [4.69, 9.17) is 0 Å². The summed E-state index contributed by atoms with van der Waals surface area (Å²) < 4.78 is 27.2. The van der Waals surface area contributed by atoms with Gasteiger partial charge in [-0.3, -0.25) is 4.79 Å². The van der Waals surface area contributed by atoms with Crippen molar-refractivity contribution in [3.8, 4) is 5.13 Å². The van der Waals surface area contributed by atoms with E-state index in [1.165, 1.54) is 35.6 Å². The second-order valence-corrected chi connectivity index (χ2v) is 10.6. The molecule has 2 aromatic heterocycles. The Kier molecular flexibility index (Phi) is 5.17. The lowest BCUT2D eigenvalue weighted by atomic mass is 10.2. The summed E-state index contributed by atoms with van der Waals surface area (Å²) in [6, 6.07) is 15.5. The van der Waals surface area contributed by atoms with E-state index in [0.717, 1.165) is 15.9 Å². The maximum Gasteiger partial charge on any atom is 0.256 e. The Hall–Kier alpha value is -3.04. The molecule has 0 saturated carbocycles. The number of benzene rings is 2. The first kappa shape index (κ1) is 20.2. The second kappa shape index (κ2) is 7.66. The van der Waals surface area contributed by atoms with Crippen LogP contribution in [0.3, 0.4) is 0 Å². The van der Waals surface area contributed by atoms with Crippen LogP contribution in [-0.2, 0) is 9.84 Å². The zero-order valence-corrected chi connectivity index (χ0v) is 18.3. The number of anilines is 1. The van der Waals surface area contributed by atoms with Crippen LogP contribution < -0.4 is 5.32 Å². The predicted octanol–water partition coefficient (Wildman–Crippen LogP) is 4.22. The number of nitrogens with zero attached hydrogens (tertiary/aromatic N) is 3. The fraction of sp³-hybridized carbons (Fsp3) is 0.190. The highest BCUT2D eigenvalue weighted by Crippen LogP contribution is 2.27. The number of amides is 1. The molecule has 30 heavy (non-hydrogen) atoms. The fourth-order valence-corrected chi connectivity index (χ4v) is 4.93. The molecule has 0 atom stereocenters. The summed E-state index contributed by atoms with van der Waals surface area (Å²) >= 11 is 1.48. The predicted molar refractivity (Wildman–Crippen MR) is 118 cm³/mol. The normalized spacial score (nSPS) is 11.9. The summed E-state index contributed by atoms with van der Waals surface area (Å²) in [6.07, 6.45) is 0. The van der Waals surface area contributed by atoms with Gasteiger partial charge in [0, 0.05) is 11.6 Å². The Bertz CT molecular complexity index is 1300. The van der Waals surface area contributed by atoms with Crippen LogP contribution >= 0.6 is 11.3 Å². The van der Waals surface area contributed by atoms with E-state index >= 15 is 0 Å². The highest BCUT2D eigenvalue weighted by molar-refractivity contribution is 7.92. The Morgan fingerprint density at radius 3 is 2.47 bits per heavy atom. The molecule has 4 aromatic rings. The number of fused-ring (bicyclic) bond motifs is 1. The van der Waals surface area contributed by atoms with Crippen LogP contribution in [0.15, 0.2) is 59.5 Å². The van der Waals surface area contributed by atoms with Gasteiger partial charge in [-0.15, -0.1) is 0 Å². The number of carbonyl (C=O) groups is 1. The van der Waals surface area contributed by atoms with Crippen LogP contribution in [-0.4, -0.2) is 34.3 Å². The van der Waals surface area contributed by atoms with Crippen molar-refractivity contribution in [2.45, 2.75) is 30.9 Å². The summed E-state index contributed by atoms with van der Waals surface area (Å²) in [5.74, 6) is 0.140. The number of rotatable bonds is 5. The lowest BCUT2D eigenvalue weighted by Crippen LogP contribution is -2.16. The zero-order chi connectivity index (χ0) is 21.5. The van der Waals surface area contributed by atoms with Crippen molar-refractivity contribution < 1.29 is 13.2 Å². The van der Waals surface area contributed by atoms with Gasteiger partial charge >= 0.3 is 0 Å². The summed E-state index contributed by atoms with van der Waals surface area (Å²) in [6.45, 7) is 5.09. The van der Waals surface area contributed by atoms with E-state index in [-0.39, 0.29) is 10.8 Å². The molecule has 1 N–H and O–H groups in total. The molecule has 4 rings (SSSR count). The smallest absolute Gasteiger partial charge is 0.256 e. The first-order valence-corrected chi connectivity index (χ1v) is 11.7. The van der Waals surface area contributed by atoms with E-state index < -0.39 is 15.1 Å². The van der Waals surface area contributed by atoms with Crippen LogP contribution in [0.1, 0.15) is 29.9 Å². The molecule has 0 bridgehead atoms. The van der Waals surface area contributed by atoms with Gasteiger partial charge in [-0.25, -0.2) is 13.4 Å². The van der Waals surface area contributed by atoms with Gasteiger partial charge in [0.2, 0.25) is 5.13 Å². The molecule has 0 aliphatic heterocycles. The SMILES string of the molecule is Cc1cc(NC(=O)c2ccc(S(=O)(=O)C(C)C)cc2)n(-c2nc3ccccc3s2)n1. The third-order valence-corrected chi connectivity index (χ3v) is 7.78. The average Bonchev–Trinajstić information content (AvgIpc) is 3.30. The maximum atomic E-state index is 12.8. The number of hydrogen-bond donors (Lipinski definition) is 1. The van der Waals surface area contributed by atoms with Crippen molar-refractivity contribution in [3.63, 3.8) is 0 Å². The van der Waals surface area contributed by atoms with Crippen molar-refractivity contribution in [3.05, 3.63) is 65.9 Å². The van der Waals surface area contributed by atoms with Crippen LogP contribution in [0.5, 0.6) is 0 Å². The Morgan fingerprint density at radius 1 is 1.10 bits per heavy atom. The number of sulfone groups is 1. The van der Waals surface area contributed by atoms with Gasteiger partial charge in [0.25, 0.3) is 5.91 Å². The highest BCUT2D eigenvalue weighted by Gasteiger charge is 2.20. The monoisotopic (exact) mass is 440 g/mol. The van der Waals surface area contributed by atoms with Gasteiger partial charge in [-0.2, -0.15) is 9.78 Å². The van der Waals surface area contributed by atoms with Gasteiger partial charge in [-0.05, 0) is 57.2 Å². The second-order valence-electron chi connectivity index (χ2n) is 7.12. The largest absolute Gasteiger partial charge is 0.306 e. The average molecular weight is 441 g/mol. The number of carbonyl (C=O) groups excluding carboxylic acids is 1. The minimum absolute atomic E-state index is 0.199. The molecule has 0 fully saturated rings. The number of nitrogens with one attached hydrogen (secondary N) is 1. The minimum atomic E-state index is -3.38. The van der Waals surface area contributed by atoms with Gasteiger partial charge < -0.3 is 5.32 Å².